The van der Waals surface area contributed by atoms with Gasteiger partial charge in [-0.3, -0.25) is 14.9 Å². The molecule has 0 spiro atoms. The van der Waals surface area contributed by atoms with E-state index in [1.807, 2.05) is 0 Å². The zero-order chi connectivity index (χ0) is 26.7. The summed E-state index contributed by atoms with van der Waals surface area (Å²) >= 11 is 0. The number of non-ortho nitro benzene ring substituents is 1. The lowest BCUT2D eigenvalue weighted by molar-refractivity contribution is -0.384. The van der Waals surface area contributed by atoms with Gasteiger partial charge in [-0.05, 0) is 35.7 Å². The van der Waals surface area contributed by atoms with Gasteiger partial charge in [0.1, 0.15) is 30.7 Å². The summed E-state index contributed by atoms with van der Waals surface area (Å²) < 4.78 is 9.98. The summed E-state index contributed by atoms with van der Waals surface area (Å²) in [7, 11) is 0. The van der Waals surface area contributed by atoms with Crippen LogP contribution in [-0.2, 0) is 20.9 Å². The summed E-state index contributed by atoms with van der Waals surface area (Å²) in [6.45, 7) is 3.32. The van der Waals surface area contributed by atoms with Crippen molar-refractivity contribution in [2.45, 2.75) is 32.5 Å². The average molecular weight is 502 g/mol. The van der Waals surface area contributed by atoms with Crippen molar-refractivity contribution in [1.82, 2.24) is 10.6 Å². The van der Waals surface area contributed by atoms with Crippen LogP contribution in [-0.4, -0.2) is 53.1 Å². The fourth-order valence-corrected chi connectivity index (χ4v) is 2.92. The van der Waals surface area contributed by atoms with Gasteiger partial charge >= 0.3 is 12.2 Å². The third kappa shape index (κ3) is 8.93. The van der Waals surface area contributed by atoms with Crippen molar-refractivity contribution in [3.63, 3.8) is 0 Å². The van der Waals surface area contributed by atoms with Crippen LogP contribution in [0.5, 0.6) is 5.75 Å². The molecule has 2 atom stereocenters. The second kappa shape index (κ2) is 13.3. The number of nitrogens with zero attached hydrogens (tertiary/aromatic N) is 1. The minimum absolute atomic E-state index is 0.0601. The third-order valence-electron chi connectivity index (χ3n) is 4.81. The Hall–Kier alpha value is -4.68. The first-order chi connectivity index (χ1) is 17.1. The molecular formula is C23H26N4O9. The number of carboxylic acid groups (broad SMARTS) is 1. The topological polar surface area (TPSA) is 186 Å². The highest BCUT2D eigenvalue weighted by molar-refractivity contribution is 5.87. The van der Waals surface area contributed by atoms with Crippen LogP contribution in [0.2, 0.25) is 0 Å². The molecule has 192 valence electrons. The minimum atomic E-state index is -1.34. The summed E-state index contributed by atoms with van der Waals surface area (Å²) in [6.07, 6.45) is -1.78. The van der Waals surface area contributed by atoms with Gasteiger partial charge in [0.15, 0.2) is 0 Å². The SMILES string of the molecule is CC(C)[C@H](NC(=O)O)C(=O)N[C@H](C=O)CNc1ccc(COC(=O)Oc2ccc([N+](=O)[O-])cc2)cc1. The lowest BCUT2D eigenvalue weighted by Gasteiger charge is -2.22. The van der Waals surface area contributed by atoms with Crippen LogP contribution in [0.15, 0.2) is 48.5 Å². The zero-order valence-electron chi connectivity index (χ0n) is 19.5. The fourth-order valence-electron chi connectivity index (χ4n) is 2.92. The number of hydrogen-bond acceptors (Lipinski definition) is 9. The third-order valence-corrected chi connectivity index (χ3v) is 4.81. The smallest absolute Gasteiger partial charge is 0.465 e. The molecule has 0 aromatic heterocycles. The van der Waals surface area contributed by atoms with E-state index in [1.165, 1.54) is 24.3 Å². The molecular weight excluding hydrogens is 476 g/mol. The maximum Gasteiger partial charge on any atom is 0.514 e. The second-order valence-corrected chi connectivity index (χ2v) is 7.89. The van der Waals surface area contributed by atoms with Gasteiger partial charge in [0, 0.05) is 24.4 Å². The quantitative estimate of drug-likeness (QED) is 0.110. The number of benzene rings is 2. The van der Waals surface area contributed by atoms with Crippen molar-refractivity contribution in [3.8, 4) is 5.75 Å². The molecule has 2 amide bonds. The Morgan fingerprint density at radius 2 is 1.69 bits per heavy atom. The standard InChI is InChI=1S/C23H26N4O9/c1-14(2)20(26-22(30)31)21(29)25-17(12-28)11-24-16-5-3-15(4-6-16)13-35-23(32)36-19-9-7-18(8-10-19)27(33)34/h3-10,12,14,17,20,24,26H,11,13H2,1-2H3,(H,25,29)(H,30,31)/t17-,20-/m0/s1. The molecule has 0 radical (unpaired) electrons. The van der Waals surface area contributed by atoms with Gasteiger partial charge in [0.2, 0.25) is 5.91 Å². The summed E-state index contributed by atoms with van der Waals surface area (Å²) in [5, 5.41) is 27.1. The lowest BCUT2D eigenvalue weighted by Crippen LogP contribution is -2.53. The predicted molar refractivity (Wildman–Crippen MR) is 127 cm³/mol. The van der Waals surface area contributed by atoms with Gasteiger partial charge in [0.25, 0.3) is 5.69 Å². The Kier molecular flexibility index (Phi) is 10.2. The van der Waals surface area contributed by atoms with E-state index >= 15 is 0 Å². The van der Waals surface area contributed by atoms with Gasteiger partial charge < -0.3 is 35.3 Å². The molecule has 0 heterocycles. The number of ether oxygens (including phenoxy) is 2. The molecule has 2 aromatic rings. The number of carbonyl (C=O) groups excluding carboxylic acids is 3. The monoisotopic (exact) mass is 502 g/mol. The fraction of sp³-hybridized carbons (Fsp3) is 0.304. The van der Waals surface area contributed by atoms with Crippen LogP contribution in [0.4, 0.5) is 21.0 Å². The number of amides is 2. The van der Waals surface area contributed by atoms with E-state index in [9.17, 15) is 29.3 Å². The molecule has 0 aliphatic heterocycles. The highest BCUT2D eigenvalue weighted by Gasteiger charge is 2.25. The minimum Gasteiger partial charge on any atom is -0.465 e. The summed E-state index contributed by atoms with van der Waals surface area (Å²) in [4.78, 5) is 56.5. The van der Waals surface area contributed by atoms with Gasteiger partial charge in [-0.1, -0.05) is 26.0 Å². The number of anilines is 1. The first-order valence-corrected chi connectivity index (χ1v) is 10.8. The van der Waals surface area contributed by atoms with E-state index in [1.54, 1.807) is 38.1 Å². The number of nitro groups is 1. The second-order valence-electron chi connectivity index (χ2n) is 7.89. The normalized spacial score (nSPS) is 12.1. The molecule has 0 bridgehead atoms. The van der Waals surface area contributed by atoms with Gasteiger partial charge in [-0.25, -0.2) is 9.59 Å². The largest absolute Gasteiger partial charge is 0.514 e. The first-order valence-electron chi connectivity index (χ1n) is 10.8. The zero-order valence-corrected chi connectivity index (χ0v) is 19.5. The Morgan fingerprint density at radius 1 is 1.06 bits per heavy atom. The van der Waals surface area contributed by atoms with Crippen molar-refractivity contribution in [3.05, 3.63) is 64.2 Å². The van der Waals surface area contributed by atoms with E-state index in [4.69, 9.17) is 14.6 Å². The number of rotatable bonds is 12. The number of nitro benzene ring substituents is 1. The summed E-state index contributed by atoms with van der Waals surface area (Å²) in [6, 6.07) is 9.74. The Balaban J connectivity index is 1.81. The lowest BCUT2D eigenvalue weighted by atomic mass is 10.0. The molecule has 2 aromatic carbocycles. The van der Waals surface area contributed by atoms with E-state index in [0.717, 1.165) is 0 Å². The van der Waals surface area contributed by atoms with Crippen molar-refractivity contribution in [1.29, 1.82) is 0 Å². The van der Waals surface area contributed by atoms with E-state index in [0.29, 0.717) is 17.5 Å². The van der Waals surface area contributed by atoms with Gasteiger partial charge in [-0.15, -0.1) is 0 Å². The first kappa shape index (κ1) is 27.6. The highest BCUT2D eigenvalue weighted by atomic mass is 16.7. The molecule has 0 aliphatic carbocycles. The van der Waals surface area contributed by atoms with Crippen LogP contribution >= 0.6 is 0 Å². The van der Waals surface area contributed by atoms with Crippen molar-refractivity contribution >= 4 is 35.8 Å². The Labute approximate surface area is 205 Å². The predicted octanol–water partition coefficient (Wildman–Crippen LogP) is 2.70. The van der Waals surface area contributed by atoms with Crippen LogP contribution in [0.1, 0.15) is 19.4 Å². The maximum absolute atomic E-state index is 12.3. The molecule has 0 aliphatic rings. The molecule has 4 N–H and O–H groups in total. The molecule has 13 heteroatoms. The average Bonchev–Trinajstić information content (AvgIpc) is 2.84. The molecule has 0 saturated carbocycles. The molecule has 0 unspecified atom stereocenters. The van der Waals surface area contributed by atoms with E-state index < -0.39 is 35.2 Å². The number of aldehydes is 1. The van der Waals surface area contributed by atoms with Gasteiger partial charge in [0.05, 0.1) is 4.92 Å². The summed E-state index contributed by atoms with van der Waals surface area (Å²) in [5.74, 6) is -0.831. The van der Waals surface area contributed by atoms with Crippen molar-refractivity contribution in [2.75, 3.05) is 11.9 Å². The van der Waals surface area contributed by atoms with E-state index in [2.05, 4.69) is 16.0 Å². The van der Waals surface area contributed by atoms with E-state index in [-0.39, 0.29) is 30.5 Å². The summed E-state index contributed by atoms with van der Waals surface area (Å²) in [5.41, 5.74) is 1.12. The highest BCUT2D eigenvalue weighted by Crippen LogP contribution is 2.18. The number of nitrogens with one attached hydrogen (secondary N) is 3. The molecule has 0 saturated heterocycles. The van der Waals surface area contributed by atoms with Gasteiger partial charge in [-0.2, -0.15) is 0 Å². The van der Waals surface area contributed by atoms with Crippen molar-refractivity contribution in [2.24, 2.45) is 5.92 Å². The number of carbonyl (C=O) groups is 4. The van der Waals surface area contributed by atoms with Crippen molar-refractivity contribution < 1.29 is 38.7 Å². The van der Waals surface area contributed by atoms with Crippen LogP contribution in [0.25, 0.3) is 0 Å². The Morgan fingerprint density at radius 3 is 2.22 bits per heavy atom. The van der Waals surface area contributed by atoms with Crippen LogP contribution in [0, 0.1) is 16.0 Å². The molecule has 36 heavy (non-hydrogen) atoms. The maximum atomic E-state index is 12.3. The van der Waals surface area contributed by atoms with Crippen LogP contribution < -0.4 is 20.7 Å². The Bertz CT molecular complexity index is 1070. The number of hydrogen-bond donors (Lipinski definition) is 4. The van der Waals surface area contributed by atoms with Crippen LogP contribution in [0.3, 0.4) is 0 Å². The molecule has 13 nitrogen and oxygen atoms in total. The molecule has 2 rings (SSSR count). The molecule has 0 fully saturated rings.